The van der Waals surface area contributed by atoms with Crippen LogP contribution in [0.5, 0.6) is 0 Å². The third-order valence-corrected chi connectivity index (χ3v) is 5.55. The average molecular weight is 446 g/mol. The van der Waals surface area contributed by atoms with Gasteiger partial charge >= 0.3 is 0 Å². The fourth-order valence-corrected chi connectivity index (χ4v) is 3.33. The number of amides is 2. The summed E-state index contributed by atoms with van der Waals surface area (Å²) in [7, 11) is 0. The molecule has 0 saturated carbocycles. The fraction of sp³-hybridized carbons (Fsp3) is 0.333. The highest BCUT2D eigenvalue weighted by molar-refractivity contribution is 9.12. The van der Waals surface area contributed by atoms with E-state index in [0.717, 1.165) is 5.56 Å². The first-order valence-electron chi connectivity index (χ1n) is 7.83. The van der Waals surface area contributed by atoms with Gasteiger partial charge in [-0.15, -0.1) is 0 Å². The van der Waals surface area contributed by atoms with Crippen molar-refractivity contribution in [1.82, 2.24) is 9.80 Å². The molecule has 1 unspecified atom stereocenters. The van der Waals surface area contributed by atoms with Crippen LogP contribution in [-0.2, 0) is 16.0 Å². The lowest BCUT2D eigenvalue weighted by atomic mass is 10.1. The summed E-state index contributed by atoms with van der Waals surface area (Å²) >= 11 is 15.4. The summed E-state index contributed by atoms with van der Waals surface area (Å²) in [6, 6.07) is 5.15. The van der Waals surface area contributed by atoms with E-state index >= 15 is 0 Å². The van der Waals surface area contributed by atoms with Crippen molar-refractivity contribution in [3.63, 3.8) is 0 Å². The molecule has 0 radical (unpaired) electrons. The van der Waals surface area contributed by atoms with E-state index in [-0.39, 0.29) is 23.6 Å². The van der Waals surface area contributed by atoms with Gasteiger partial charge < -0.3 is 9.80 Å². The van der Waals surface area contributed by atoms with Gasteiger partial charge in [0.15, 0.2) is 0 Å². The van der Waals surface area contributed by atoms with Gasteiger partial charge in [-0.2, -0.15) is 0 Å². The van der Waals surface area contributed by atoms with Crippen LogP contribution < -0.4 is 0 Å². The lowest BCUT2D eigenvalue weighted by molar-refractivity contribution is -0.140. The number of carbonyl (C=O) groups excluding carboxylic acids is 2. The van der Waals surface area contributed by atoms with Gasteiger partial charge in [-0.05, 0) is 60.0 Å². The first-order valence-corrected chi connectivity index (χ1v) is 9.38. The molecule has 1 heterocycles. The number of allylic oxidation sites excluding steroid dienone is 1. The van der Waals surface area contributed by atoms with Gasteiger partial charge in [0.1, 0.15) is 5.70 Å². The molecule has 1 aliphatic heterocycles. The summed E-state index contributed by atoms with van der Waals surface area (Å²) in [4.78, 5) is 28.2. The van der Waals surface area contributed by atoms with E-state index in [2.05, 4.69) is 22.5 Å². The predicted octanol–water partition coefficient (Wildman–Crippen LogP) is 4.41. The maximum Gasteiger partial charge on any atom is 0.270 e. The molecule has 1 aliphatic rings. The van der Waals surface area contributed by atoms with Crippen LogP contribution in [-0.4, -0.2) is 40.7 Å². The Morgan fingerprint density at radius 2 is 2.12 bits per heavy atom. The molecule has 0 aliphatic carbocycles. The van der Waals surface area contributed by atoms with Crippen LogP contribution in [0.4, 0.5) is 0 Å². The second-order valence-electron chi connectivity index (χ2n) is 5.83. The summed E-state index contributed by atoms with van der Waals surface area (Å²) in [6.07, 6.45) is 2.23. The minimum Gasteiger partial charge on any atom is -0.333 e. The number of hydrogen-bond acceptors (Lipinski definition) is 2. The van der Waals surface area contributed by atoms with Crippen LogP contribution in [0, 0.1) is 0 Å². The Hall–Kier alpha value is -1.30. The molecular formula is C18H19BrCl2N2O2. The minimum absolute atomic E-state index is 0.128. The topological polar surface area (TPSA) is 40.6 Å². The quantitative estimate of drug-likeness (QED) is 0.644. The zero-order valence-corrected chi connectivity index (χ0v) is 17.2. The summed E-state index contributed by atoms with van der Waals surface area (Å²) in [5.41, 5.74) is 1.06. The van der Waals surface area contributed by atoms with Gasteiger partial charge in [0.2, 0.25) is 0 Å². The van der Waals surface area contributed by atoms with Crippen LogP contribution in [0.25, 0.3) is 0 Å². The Labute approximate surface area is 166 Å². The highest BCUT2D eigenvalue weighted by Crippen LogP contribution is 2.25. The third-order valence-electron chi connectivity index (χ3n) is 4.15. The lowest BCUT2D eigenvalue weighted by Crippen LogP contribution is -2.55. The molecule has 2 amide bonds. The van der Waals surface area contributed by atoms with E-state index in [9.17, 15) is 9.59 Å². The van der Waals surface area contributed by atoms with E-state index in [0.29, 0.717) is 34.0 Å². The number of piperazine rings is 1. The van der Waals surface area contributed by atoms with Crippen molar-refractivity contribution < 1.29 is 9.59 Å². The number of rotatable bonds is 4. The SMILES string of the molecule is C=C1C(=O)N(CCc2cc(Cl)ccc2Cl)C(C)CN1C(=O)C(Br)=CC. The number of nitrogens with zero attached hydrogens (tertiary/aromatic N) is 2. The van der Waals surface area contributed by atoms with Crippen molar-refractivity contribution in [3.8, 4) is 0 Å². The van der Waals surface area contributed by atoms with Crippen LogP contribution in [0.2, 0.25) is 10.0 Å². The Balaban J connectivity index is 2.11. The Kier molecular flexibility index (Phi) is 6.72. The van der Waals surface area contributed by atoms with Crippen LogP contribution in [0.1, 0.15) is 19.4 Å². The van der Waals surface area contributed by atoms with Crippen molar-refractivity contribution in [3.05, 3.63) is 56.6 Å². The van der Waals surface area contributed by atoms with Crippen molar-refractivity contribution in [2.45, 2.75) is 26.3 Å². The Morgan fingerprint density at radius 3 is 2.76 bits per heavy atom. The van der Waals surface area contributed by atoms with Crippen molar-refractivity contribution in [1.29, 1.82) is 0 Å². The van der Waals surface area contributed by atoms with Crippen molar-refractivity contribution in [2.24, 2.45) is 0 Å². The molecule has 25 heavy (non-hydrogen) atoms. The molecule has 0 bridgehead atoms. The summed E-state index contributed by atoms with van der Waals surface area (Å²) in [5, 5.41) is 1.23. The molecule has 7 heteroatoms. The molecular weight excluding hydrogens is 427 g/mol. The zero-order chi connectivity index (χ0) is 18.7. The lowest BCUT2D eigenvalue weighted by Gasteiger charge is -2.40. The molecule has 0 aromatic heterocycles. The number of benzene rings is 1. The van der Waals surface area contributed by atoms with Gasteiger partial charge in [-0.1, -0.05) is 35.9 Å². The van der Waals surface area contributed by atoms with Gasteiger partial charge in [-0.3, -0.25) is 9.59 Å². The first kappa shape index (κ1) is 20.0. The van der Waals surface area contributed by atoms with Crippen molar-refractivity contribution >= 4 is 50.9 Å². The Bertz CT molecular complexity index is 749. The summed E-state index contributed by atoms with van der Waals surface area (Å²) in [5.74, 6) is -0.508. The Morgan fingerprint density at radius 1 is 1.44 bits per heavy atom. The standard InChI is InChI=1S/C18H19BrCl2N2O2/c1-4-15(19)18(25)23-10-11(2)22(17(24)12(23)3)8-7-13-9-14(20)5-6-16(13)21/h4-6,9,11H,3,7-8,10H2,1-2H3. The number of carbonyl (C=O) groups is 2. The first-order chi connectivity index (χ1) is 11.8. The van der Waals surface area contributed by atoms with Gasteiger partial charge in [0.25, 0.3) is 11.8 Å². The second-order valence-corrected chi connectivity index (χ2v) is 7.53. The maximum atomic E-state index is 12.7. The van der Waals surface area contributed by atoms with E-state index in [1.54, 1.807) is 36.1 Å². The molecule has 1 fully saturated rings. The zero-order valence-electron chi connectivity index (χ0n) is 14.1. The van der Waals surface area contributed by atoms with Gasteiger partial charge in [0, 0.05) is 29.2 Å². The van der Waals surface area contributed by atoms with E-state index in [4.69, 9.17) is 23.2 Å². The molecule has 2 rings (SSSR count). The van der Waals surface area contributed by atoms with Crippen LogP contribution in [0.3, 0.4) is 0 Å². The molecule has 0 N–H and O–H groups in total. The number of hydrogen-bond donors (Lipinski definition) is 0. The van der Waals surface area contributed by atoms with Crippen molar-refractivity contribution in [2.75, 3.05) is 13.1 Å². The van der Waals surface area contributed by atoms with E-state index < -0.39 is 0 Å². The van der Waals surface area contributed by atoms with Crippen LogP contribution >= 0.6 is 39.1 Å². The summed E-state index contributed by atoms with van der Waals surface area (Å²) in [6.45, 7) is 8.34. The monoisotopic (exact) mass is 444 g/mol. The molecule has 4 nitrogen and oxygen atoms in total. The van der Waals surface area contributed by atoms with Gasteiger partial charge in [0.05, 0.1) is 4.48 Å². The number of halogens is 3. The molecule has 134 valence electrons. The molecule has 1 aromatic carbocycles. The highest BCUT2D eigenvalue weighted by atomic mass is 79.9. The predicted molar refractivity (Wildman–Crippen MR) is 105 cm³/mol. The average Bonchev–Trinajstić information content (AvgIpc) is 2.59. The highest BCUT2D eigenvalue weighted by Gasteiger charge is 2.36. The molecule has 1 atom stereocenters. The maximum absolute atomic E-state index is 12.7. The summed E-state index contributed by atoms with van der Waals surface area (Å²) < 4.78 is 0.410. The smallest absolute Gasteiger partial charge is 0.270 e. The van der Waals surface area contributed by atoms with Gasteiger partial charge in [-0.25, -0.2) is 0 Å². The third kappa shape index (κ3) is 4.46. The minimum atomic E-state index is -0.259. The molecule has 1 aromatic rings. The van der Waals surface area contributed by atoms with Crippen LogP contribution in [0.15, 0.2) is 41.0 Å². The molecule has 1 saturated heterocycles. The normalized spacial score (nSPS) is 18.8. The second kappa shape index (κ2) is 8.39. The fourth-order valence-electron chi connectivity index (χ4n) is 2.71. The van der Waals surface area contributed by atoms with E-state index in [1.165, 1.54) is 4.90 Å². The largest absolute Gasteiger partial charge is 0.333 e. The van der Waals surface area contributed by atoms with E-state index in [1.807, 2.05) is 6.92 Å². The molecule has 0 spiro atoms.